The largest absolute Gasteiger partial charge is 0.494 e. The number of ether oxygens (including phenoxy) is 2. The summed E-state index contributed by atoms with van der Waals surface area (Å²) in [6.45, 7) is 5.82. The van der Waals surface area contributed by atoms with Crippen LogP contribution in [0, 0.1) is 0 Å². The standard InChI is InChI=1S/C23H30N2O3/c1-4-5-8-17(2)23-24-22(25-28-23)20-10-9-19-16-21(12-11-18(19)15-20)27-14-7-6-13-26-3/h9-12,15-17H,4-8,13-14H2,1-3H3/t17-/m0/s1. The van der Waals surface area contributed by atoms with Gasteiger partial charge in [0.05, 0.1) is 6.61 Å². The molecule has 0 aliphatic rings. The van der Waals surface area contributed by atoms with Crippen molar-refractivity contribution in [3.8, 4) is 17.1 Å². The van der Waals surface area contributed by atoms with E-state index < -0.39 is 0 Å². The number of benzene rings is 2. The number of hydrogen-bond acceptors (Lipinski definition) is 5. The summed E-state index contributed by atoms with van der Waals surface area (Å²) in [5.41, 5.74) is 0.971. The molecule has 0 aliphatic carbocycles. The van der Waals surface area contributed by atoms with Crippen molar-refractivity contribution in [2.45, 2.75) is 51.9 Å². The van der Waals surface area contributed by atoms with Gasteiger partial charge in [0.1, 0.15) is 5.75 Å². The van der Waals surface area contributed by atoms with E-state index in [9.17, 15) is 0 Å². The van der Waals surface area contributed by atoms with E-state index in [0.717, 1.165) is 53.8 Å². The van der Waals surface area contributed by atoms with Gasteiger partial charge in [0.2, 0.25) is 11.7 Å². The average molecular weight is 383 g/mol. The van der Waals surface area contributed by atoms with E-state index in [1.165, 1.54) is 12.8 Å². The molecule has 1 atom stereocenters. The van der Waals surface area contributed by atoms with E-state index in [1.807, 2.05) is 12.1 Å². The van der Waals surface area contributed by atoms with Gasteiger partial charge in [-0.15, -0.1) is 0 Å². The number of fused-ring (bicyclic) bond motifs is 1. The van der Waals surface area contributed by atoms with Crippen molar-refractivity contribution in [3.05, 3.63) is 42.3 Å². The number of nitrogens with zero attached hydrogens (tertiary/aromatic N) is 2. The van der Waals surface area contributed by atoms with E-state index in [2.05, 4.69) is 48.3 Å². The predicted molar refractivity (Wildman–Crippen MR) is 112 cm³/mol. The summed E-state index contributed by atoms with van der Waals surface area (Å²) >= 11 is 0. The van der Waals surface area contributed by atoms with Gasteiger partial charge in [-0.1, -0.05) is 50.0 Å². The first kappa shape index (κ1) is 20.3. The summed E-state index contributed by atoms with van der Waals surface area (Å²) in [5, 5.41) is 6.46. The Morgan fingerprint density at radius 2 is 1.79 bits per heavy atom. The van der Waals surface area contributed by atoms with Crippen LogP contribution in [0.3, 0.4) is 0 Å². The molecular weight excluding hydrogens is 352 g/mol. The highest BCUT2D eigenvalue weighted by molar-refractivity contribution is 5.87. The minimum Gasteiger partial charge on any atom is -0.494 e. The SMILES string of the molecule is CCCC[C@H](C)c1nc(-c2ccc3cc(OCCCCOC)ccc3c2)no1. The fourth-order valence-electron chi connectivity index (χ4n) is 3.18. The smallest absolute Gasteiger partial charge is 0.229 e. The lowest BCUT2D eigenvalue weighted by molar-refractivity contribution is 0.184. The molecule has 0 saturated heterocycles. The molecule has 0 fully saturated rings. The molecule has 3 aromatic rings. The quantitative estimate of drug-likeness (QED) is 0.381. The van der Waals surface area contributed by atoms with Crippen LogP contribution in [-0.2, 0) is 4.74 Å². The molecule has 0 amide bonds. The van der Waals surface area contributed by atoms with Crippen molar-refractivity contribution in [2.75, 3.05) is 20.3 Å². The maximum atomic E-state index is 5.84. The van der Waals surface area contributed by atoms with Crippen LogP contribution in [0.2, 0.25) is 0 Å². The van der Waals surface area contributed by atoms with Gasteiger partial charge in [-0.25, -0.2) is 0 Å². The summed E-state index contributed by atoms with van der Waals surface area (Å²) < 4.78 is 16.4. The third-order valence-electron chi connectivity index (χ3n) is 4.94. The second-order valence-corrected chi connectivity index (χ2v) is 7.27. The Balaban J connectivity index is 1.67. The molecule has 0 aliphatic heterocycles. The number of unbranched alkanes of at least 4 members (excludes halogenated alkanes) is 2. The highest BCUT2D eigenvalue weighted by Crippen LogP contribution is 2.27. The van der Waals surface area contributed by atoms with E-state index in [-0.39, 0.29) is 0 Å². The van der Waals surface area contributed by atoms with Crippen molar-refractivity contribution >= 4 is 10.8 Å². The van der Waals surface area contributed by atoms with Crippen LogP contribution in [0.4, 0.5) is 0 Å². The molecule has 0 bridgehead atoms. The summed E-state index contributed by atoms with van der Waals surface area (Å²) in [7, 11) is 1.72. The Morgan fingerprint density at radius 3 is 2.61 bits per heavy atom. The van der Waals surface area contributed by atoms with Crippen LogP contribution in [0.5, 0.6) is 5.75 Å². The van der Waals surface area contributed by atoms with Crippen LogP contribution >= 0.6 is 0 Å². The first-order valence-corrected chi connectivity index (χ1v) is 10.2. The normalized spacial score (nSPS) is 12.4. The highest BCUT2D eigenvalue weighted by atomic mass is 16.5. The summed E-state index contributed by atoms with van der Waals surface area (Å²) in [4.78, 5) is 4.61. The number of aromatic nitrogens is 2. The third kappa shape index (κ3) is 5.32. The van der Waals surface area contributed by atoms with Crippen LogP contribution in [0.25, 0.3) is 22.2 Å². The molecule has 3 rings (SSSR count). The zero-order valence-corrected chi connectivity index (χ0v) is 17.1. The molecule has 0 radical (unpaired) electrons. The van der Waals surface area contributed by atoms with Gasteiger partial charge in [0.25, 0.3) is 0 Å². The number of hydrogen-bond donors (Lipinski definition) is 0. The van der Waals surface area contributed by atoms with Gasteiger partial charge < -0.3 is 14.0 Å². The molecule has 28 heavy (non-hydrogen) atoms. The lowest BCUT2D eigenvalue weighted by atomic mass is 10.0. The van der Waals surface area contributed by atoms with Crippen molar-refractivity contribution < 1.29 is 14.0 Å². The molecule has 2 aromatic carbocycles. The minimum absolute atomic E-state index is 0.297. The molecule has 5 nitrogen and oxygen atoms in total. The van der Waals surface area contributed by atoms with Crippen molar-refractivity contribution in [3.63, 3.8) is 0 Å². The van der Waals surface area contributed by atoms with Gasteiger partial charge in [0, 0.05) is 25.2 Å². The van der Waals surface area contributed by atoms with Crippen LogP contribution < -0.4 is 4.74 Å². The highest BCUT2D eigenvalue weighted by Gasteiger charge is 2.15. The Kier molecular flexibility index (Phi) is 7.43. The monoisotopic (exact) mass is 382 g/mol. The van der Waals surface area contributed by atoms with Gasteiger partial charge >= 0.3 is 0 Å². The van der Waals surface area contributed by atoms with Crippen LogP contribution in [-0.4, -0.2) is 30.5 Å². The number of methoxy groups -OCH3 is 1. The zero-order chi connectivity index (χ0) is 19.8. The van der Waals surface area contributed by atoms with Crippen LogP contribution in [0.15, 0.2) is 40.9 Å². The van der Waals surface area contributed by atoms with E-state index in [4.69, 9.17) is 14.0 Å². The maximum Gasteiger partial charge on any atom is 0.229 e. The molecule has 0 unspecified atom stereocenters. The summed E-state index contributed by atoms with van der Waals surface area (Å²) in [6.07, 6.45) is 5.42. The zero-order valence-electron chi connectivity index (χ0n) is 17.1. The second-order valence-electron chi connectivity index (χ2n) is 7.27. The topological polar surface area (TPSA) is 57.4 Å². The Labute approximate surface area is 167 Å². The van der Waals surface area contributed by atoms with E-state index in [0.29, 0.717) is 18.3 Å². The fourth-order valence-corrected chi connectivity index (χ4v) is 3.18. The molecule has 0 saturated carbocycles. The Morgan fingerprint density at radius 1 is 1.00 bits per heavy atom. The molecule has 0 spiro atoms. The van der Waals surface area contributed by atoms with Gasteiger partial charge in [-0.05, 0) is 48.2 Å². The third-order valence-corrected chi connectivity index (χ3v) is 4.94. The Bertz CT molecular complexity index is 875. The Hall–Kier alpha value is -2.40. The predicted octanol–water partition coefficient (Wildman–Crippen LogP) is 5.99. The first-order chi connectivity index (χ1) is 13.7. The molecular formula is C23H30N2O3. The maximum absolute atomic E-state index is 5.84. The van der Waals surface area contributed by atoms with Crippen molar-refractivity contribution in [1.29, 1.82) is 0 Å². The molecule has 150 valence electrons. The van der Waals surface area contributed by atoms with Gasteiger partial charge in [-0.2, -0.15) is 4.98 Å². The summed E-state index contributed by atoms with van der Waals surface area (Å²) in [5.74, 6) is 2.56. The van der Waals surface area contributed by atoms with Crippen LogP contribution in [0.1, 0.15) is 57.8 Å². The van der Waals surface area contributed by atoms with Crippen molar-refractivity contribution in [1.82, 2.24) is 10.1 Å². The lowest BCUT2D eigenvalue weighted by Crippen LogP contribution is -1.99. The van der Waals surface area contributed by atoms with Gasteiger partial charge in [-0.3, -0.25) is 0 Å². The molecule has 0 N–H and O–H groups in total. The van der Waals surface area contributed by atoms with E-state index >= 15 is 0 Å². The van der Waals surface area contributed by atoms with Gasteiger partial charge in [0.15, 0.2) is 0 Å². The molecule has 5 heteroatoms. The van der Waals surface area contributed by atoms with E-state index in [1.54, 1.807) is 7.11 Å². The molecule has 1 heterocycles. The minimum atomic E-state index is 0.297. The number of rotatable bonds is 11. The lowest BCUT2D eigenvalue weighted by Gasteiger charge is -2.08. The second kappa shape index (κ2) is 10.2. The fraction of sp³-hybridized carbons (Fsp3) is 0.478. The van der Waals surface area contributed by atoms with Crippen molar-refractivity contribution in [2.24, 2.45) is 0 Å². The average Bonchev–Trinajstić information content (AvgIpc) is 3.22. The first-order valence-electron chi connectivity index (χ1n) is 10.2. The molecule has 1 aromatic heterocycles. The summed E-state index contributed by atoms with van der Waals surface area (Å²) in [6, 6.07) is 12.4.